The highest BCUT2D eigenvalue weighted by Crippen LogP contribution is 2.72. The first-order valence-electron chi connectivity index (χ1n) is 13.9. The maximum absolute atomic E-state index is 14.9. The Morgan fingerprint density at radius 3 is 2.31 bits per heavy atom. The number of para-hydroxylation sites is 1. The number of carbonyl (C=O) groups is 3. The number of thioether (sulfide) groups is 1. The fraction of sp³-hybridized carbons (Fsp3) is 0.581. The van der Waals surface area contributed by atoms with Crippen molar-refractivity contribution in [3.05, 3.63) is 54.6 Å². The van der Waals surface area contributed by atoms with Gasteiger partial charge in [-0.3, -0.25) is 14.4 Å². The van der Waals surface area contributed by atoms with Crippen LogP contribution in [-0.4, -0.2) is 80.9 Å². The molecule has 2 bridgehead atoms. The highest BCUT2D eigenvalue weighted by Gasteiger charge is 2.78. The van der Waals surface area contributed by atoms with E-state index in [-0.39, 0.29) is 30.2 Å². The average molecular weight is 554 g/mol. The van der Waals surface area contributed by atoms with Gasteiger partial charge in [0.15, 0.2) is 0 Å². The van der Waals surface area contributed by atoms with Gasteiger partial charge in [-0.25, -0.2) is 0 Å². The van der Waals surface area contributed by atoms with Crippen molar-refractivity contribution < 1.29 is 19.5 Å². The summed E-state index contributed by atoms with van der Waals surface area (Å²) < 4.78 is -1.21. The third kappa shape index (κ3) is 4.44. The number of carbonyl (C=O) groups excluding carboxylic acids is 3. The molecule has 0 saturated carbocycles. The van der Waals surface area contributed by atoms with E-state index in [1.807, 2.05) is 45.9 Å². The van der Waals surface area contributed by atoms with Gasteiger partial charge in [0.05, 0.1) is 29.2 Å². The van der Waals surface area contributed by atoms with Gasteiger partial charge in [-0.05, 0) is 50.7 Å². The van der Waals surface area contributed by atoms with E-state index in [0.29, 0.717) is 19.5 Å². The van der Waals surface area contributed by atoms with Crippen molar-refractivity contribution in [1.82, 2.24) is 9.80 Å². The summed E-state index contributed by atoms with van der Waals surface area (Å²) in [6.45, 7) is 18.1. The van der Waals surface area contributed by atoms with Crippen molar-refractivity contribution in [2.45, 2.75) is 69.0 Å². The van der Waals surface area contributed by atoms with Crippen LogP contribution in [0.3, 0.4) is 0 Å². The van der Waals surface area contributed by atoms with Crippen molar-refractivity contribution in [1.29, 1.82) is 0 Å². The third-order valence-corrected chi connectivity index (χ3v) is 11.1. The lowest BCUT2D eigenvalue weighted by molar-refractivity contribution is -0.146. The molecule has 2 unspecified atom stereocenters. The van der Waals surface area contributed by atoms with Crippen LogP contribution in [0.1, 0.15) is 44.7 Å². The minimum absolute atomic E-state index is 0.0760. The summed E-state index contributed by atoms with van der Waals surface area (Å²) in [5.41, 5.74) is 2.75. The molecule has 8 heteroatoms. The van der Waals surface area contributed by atoms with Crippen LogP contribution in [0.2, 0.25) is 0 Å². The largest absolute Gasteiger partial charge is 0.394 e. The van der Waals surface area contributed by atoms with Gasteiger partial charge < -0.3 is 19.8 Å². The lowest BCUT2D eigenvalue weighted by Gasteiger charge is -2.41. The van der Waals surface area contributed by atoms with Crippen LogP contribution in [-0.2, 0) is 14.4 Å². The Labute approximate surface area is 237 Å². The Morgan fingerprint density at radius 1 is 1.15 bits per heavy atom. The van der Waals surface area contributed by atoms with Crippen molar-refractivity contribution in [3.8, 4) is 0 Å². The molecule has 212 valence electrons. The minimum Gasteiger partial charge on any atom is -0.394 e. The molecule has 3 aliphatic heterocycles. The van der Waals surface area contributed by atoms with Gasteiger partial charge in [0.25, 0.3) is 5.91 Å². The highest BCUT2D eigenvalue weighted by molar-refractivity contribution is 8.02. The summed E-state index contributed by atoms with van der Waals surface area (Å²) in [6.07, 6.45) is 4.80. The van der Waals surface area contributed by atoms with Gasteiger partial charge in [-0.2, -0.15) is 0 Å². The number of aliphatic hydroxyl groups is 1. The zero-order valence-electron chi connectivity index (χ0n) is 24.1. The van der Waals surface area contributed by atoms with Gasteiger partial charge in [-0.1, -0.05) is 44.2 Å². The summed E-state index contributed by atoms with van der Waals surface area (Å²) >= 11 is 1.66. The van der Waals surface area contributed by atoms with E-state index in [0.717, 1.165) is 23.2 Å². The molecular formula is C31H43N3O4S. The second-order valence-corrected chi connectivity index (χ2v) is 13.8. The second-order valence-electron chi connectivity index (χ2n) is 12.0. The number of likely N-dealkylation sites (tertiary alicyclic amines) is 1. The van der Waals surface area contributed by atoms with Crippen LogP contribution in [0, 0.1) is 31.6 Å². The normalized spacial score (nSPS) is 29.9. The first-order valence-corrected chi connectivity index (χ1v) is 14.7. The number of hydrogen-bond donors (Lipinski definition) is 1. The van der Waals surface area contributed by atoms with Crippen molar-refractivity contribution >= 4 is 35.2 Å². The molecule has 3 fully saturated rings. The number of anilines is 1. The van der Waals surface area contributed by atoms with E-state index in [2.05, 4.69) is 20.1 Å². The maximum atomic E-state index is 14.9. The Kier molecular flexibility index (Phi) is 8.12. The van der Waals surface area contributed by atoms with Crippen LogP contribution in [0.25, 0.3) is 0 Å². The van der Waals surface area contributed by atoms with E-state index < -0.39 is 33.4 Å². The number of rotatable bonds is 10. The summed E-state index contributed by atoms with van der Waals surface area (Å²) in [4.78, 5) is 48.3. The van der Waals surface area contributed by atoms with Gasteiger partial charge in [0.2, 0.25) is 11.8 Å². The molecule has 3 aliphatic rings. The monoisotopic (exact) mass is 553 g/mol. The predicted octanol–water partition coefficient (Wildman–Crippen LogP) is 3.97. The molecule has 1 aromatic carbocycles. The number of hydrogen-bond acceptors (Lipinski definition) is 5. The fourth-order valence-corrected chi connectivity index (χ4v) is 9.65. The van der Waals surface area contributed by atoms with Crippen molar-refractivity contribution in [2.75, 3.05) is 31.6 Å². The molecule has 3 heterocycles. The van der Waals surface area contributed by atoms with Crippen LogP contribution in [0.15, 0.2) is 43.5 Å². The number of likely N-dealkylation sites (N-methyl/N-ethyl adjacent to an activating group) is 1. The van der Waals surface area contributed by atoms with Crippen LogP contribution in [0.4, 0.5) is 5.69 Å². The Balaban J connectivity index is 1.90. The number of aryl methyl sites for hydroxylation is 2. The highest BCUT2D eigenvalue weighted by atomic mass is 32.2. The van der Waals surface area contributed by atoms with Crippen LogP contribution in [0.5, 0.6) is 0 Å². The Morgan fingerprint density at radius 2 is 1.77 bits per heavy atom. The third-order valence-electron chi connectivity index (χ3n) is 9.09. The molecule has 7 nitrogen and oxygen atoms in total. The lowest BCUT2D eigenvalue weighted by atomic mass is 9.66. The number of aliphatic hydroxyl groups excluding tert-OH is 1. The molecular weight excluding hydrogens is 510 g/mol. The molecule has 6 atom stereocenters. The molecule has 0 radical (unpaired) electrons. The Bertz CT molecular complexity index is 1160. The molecule has 39 heavy (non-hydrogen) atoms. The fourth-order valence-electron chi connectivity index (χ4n) is 7.32. The van der Waals surface area contributed by atoms with Crippen LogP contribution < -0.4 is 4.90 Å². The number of nitrogens with zero attached hydrogens (tertiary/aromatic N) is 3. The zero-order valence-corrected chi connectivity index (χ0v) is 25.0. The second kappa shape index (κ2) is 10.8. The smallest absolute Gasteiger partial charge is 0.251 e. The molecule has 0 aliphatic carbocycles. The maximum Gasteiger partial charge on any atom is 0.251 e. The Hall–Kier alpha value is -2.58. The standard InChI is InChI=1S/C31H43N3O4S/c1-9-16-32(8)27(36)23-24-28(37)34(22(18-35)19(3)4)26(31(24)15-14-30(23,7)39-31)29(38)33(17-10-2)25-20(5)12-11-13-21(25)6/h9-13,19,22-24,26,35H,1-2,14-18H2,3-8H3/t22-,23+,24-,26?,30-,31?/m0/s1. The quantitative estimate of drug-likeness (QED) is 0.444. The van der Waals surface area contributed by atoms with Gasteiger partial charge in [0.1, 0.15) is 6.04 Å². The molecule has 3 saturated heterocycles. The first kappa shape index (κ1) is 29.4. The minimum atomic E-state index is -0.803. The van der Waals surface area contributed by atoms with Crippen molar-refractivity contribution in [3.63, 3.8) is 0 Å². The van der Waals surface area contributed by atoms with E-state index in [1.54, 1.807) is 45.7 Å². The van der Waals surface area contributed by atoms with E-state index in [1.165, 1.54) is 0 Å². The molecule has 0 aromatic heterocycles. The summed E-state index contributed by atoms with van der Waals surface area (Å²) in [6, 6.07) is 4.59. The van der Waals surface area contributed by atoms with E-state index >= 15 is 0 Å². The van der Waals surface area contributed by atoms with E-state index in [9.17, 15) is 19.5 Å². The molecule has 3 amide bonds. The zero-order chi connectivity index (χ0) is 28.9. The predicted molar refractivity (Wildman–Crippen MR) is 158 cm³/mol. The molecule has 1 aromatic rings. The molecule has 1 spiro atoms. The van der Waals surface area contributed by atoms with Gasteiger partial charge in [-0.15, -0.1) is 24.9 Å². The van der Waals surface area contributed by atoms with Gasteiger partial charge in [0, 0.05) is 30.6 Å². The summed E-state index contributed by atoms with van der Waals surface area (Å²) in [5, 5.41) is 10.5. The molecule has 4 rings (SSSR count). The van der Waals surface area contributed by atoms with Crippen molar-refractivity contribution in [2.24, 2.45) is 17.8 Å². The lowest BCUT2D eigenvalue weighted by Crippen LogP contribution is -2.58. The summed E-state index contributed by atoms with van der Waals surface area (Å²) in [7, 11) is 1.74. The van der Waals surface area contributed by atoms with E-state index in [4.69, 9.17) is 0 Å². The first-order chi connectivity index (χ1) is 18.4. The average Bonchev–Trinajstić information content (AvgIpc) is 3.44. The SMILES string of the molecule is C=CCN(C)C(=O)[C@H]1[C@H]2C(=O)N([C@@H](CO)C(C)C)C(C(=O)N(CC=C)c3c(C)cccc3C)C23CC[C@]1(C)S3. The topological polar surface area (TPSA) is 81.2 Å². The number of amides is 3. The molecule has 1 N–H and O–H groups in total. The number of fused-ring (bicyclic) bond motifs is 1. The van der Waals surface area contributed by atoms with Gasteiger partial charge >= 0.3 is 0 Å². The summed E-state index contributed by atoms with van der Waals surface area (Å²) in [5.74, 6) is -1.71. The van der Waals surface area contributed by atoms with Crippen LogP contribution >= 0.6 is 11.8 Å². The number of benzene rings is 1.